The summed E-state index contributed by atoms with van der Waals surface area (Å²) >= 11 is 3.29. The van der Waals surface area contributed by atoms with E-state index in [0.29, 0.717) is 11.8 Å². The number of hydrogen-bond acceptors (Lipinski definition) is 5. The predicted octanol–water partition coefficient (Wildman–Crippen LogP) is 2.00. The molecule has 0 aliphatic heterocycles. The minimum atomic E-state index is 0.213. The van der Waals surface area contributed by atoms with Gasteiger partial charge in [0.05, 0.1) is 0 Å². The first kappa shape index (κ1) is 10.9. The number of nitrogens with zero attached hydrogens (tertiary/aromatic N) is 2. The average Bonchev–Trinajstić information content (AvgIpc) is 2.49. The van der Waals surface area contributed by atoms with Gasteiger partial charge in [0.25, 0.3) is 0 Å². The predicted molar refractivity (Wildman–Crippen MR) is 58.1 cm³/mol. The Morgan fingerprint density at radius 3 is 2.69 bits per heavy atom. The second kappa shape index (κ2) is 4.39. The van der Waals surface area contributed by atoms with Gasteiger partial charge in [-0.15, -0.1) is 10.2 Å². The fourth-order valence-corrected chi connectivity index (χ4v) is 2.68. The molecule has 0 spiro atoms. The van der Waals surface area contributed by atoms with Crippen LogP contribution in [0.25, 0.3) is 0 Å². The molecule has 3 nitrogen and oxygen atoms in total. The maximum absolute atomic E-state index is 5.71. The van der Waals surface area contributed by atoms with Crippen molar-refractivity contribution in [1.29, 1.82) is 0 Å². The molecule has 0 saturated carbocycles. The molecule has 74 valence electrons. The molecule has 0 aliphatic carbocycles. The van der Waals surface area contributed by atoms with Gasteiger partial charge in [-0.3, -0.25) is 0 Å². The molecule has 1 atom stereocenters. The SMILES string of the molecule is CC(C)(C)C(CN)Sc1nncs1. The van der Waals surface area contributed by atoms with E-state index >= 15 is 0 Å². The molecule has 1 rings (SSSR count). The average molecular weight is 217 g/mol. The Morgan fingerprint density at radius 2 is 2.31 bits per heavy atom. The fourth-order valence-electron chi connectivity index (χ4n) is 0.914. The first-order valence-electron chi connectivity index (χ1n) is 4.17. The molecule has 13 heavy (non-hydrogen) atoms. The fraction of sp³-hybridized carbons (Fsp3) is 0.750. The topological polar surface area (TPSA) is 51.8 Å². The highest BCUT2D eigenvalue weighted by molar-refractivity contribution is 8.01. The zero-order valence-electron chi connectivity index (χ0n) is 8.15. The van der Waals surface area contributed by atoms with Gasteiger partial charge in [0.15, 0.2) is 4.34 Å². The smallest absolute Gasteiger partial charge is 0.174 e. The van der Waals surface area contributed by atoms with Crippen molar-refractivity contribution in [3.8, 4) is 0 Å². The van der Waals surface area contributed by atoms with Crippen molar-refractivity contribution in [3.63, 3.8) is 0 Å². The highest BCUT2D eigenvalue weighted by Crippen LogP contribution is 2.34. The second-order valence-corrected chi connectivity index (χ2v) is 6.20. The van der Waals surface area contributed by atoms with Crippen molar-refractivity contribution in [2.24, 2.45) is 11.1 Å². The lowest BCUT2D eigenvalue weighted by Gasteiger charge is -2.27. The number of aromatic nitrogens is 2. The molecule has 0 aliphatic rings. The summed E-state index contributed by atoms with van der Waals surface area (Å²) in [6, 6.07) is 0. The first-order valence-corrected chi connectivity index (χ1v) is 5.93. The van der Waals surface area contributed by atoms with Crippen LogP contribution in [0, 0.1) is 5.41 Å². The van der Waals surface area contributed by atoms with E-state index in [1.807, 2.05) is 0 Å². The lowest BCUT2D eigenvalue weighted by Crippen LogP contribution is -2.30. The van der Waals surface area contributed by atoms with Gasteiger partial charge in [-0.1, -0.05) is 43.9 Å². The highest BCUT2D eigenvalue weighted by atomic mass is 32.2. The van der Waals surface area contributed by atoms with E-state index in [1.165, 1.54) is 0 Å². The standard InChI is InChI=1S/C8H15N3S2/c1-8(2,3)6(4-9)13-7-11-10-5-12-7/h5-6H,4,9H2,1-3H3. The number of hydrogen-bond donors (Lipinski definition) is 1. The summed E-state index contributed by atoms with van der Waals surface area (Å²) in [7, 11) is 0. The number of nitrogens with two attached hydrogens (primary N) is 1. The molecule has 2 N–H and O–H groups in total. The summed E-state index contributed by atoms with van der Waals surface area (Å²) < 4.78 is 1.00. The summed E-state index contributed by atoms with van der Waals surface area (Å²) in [5.41, 5.74) is 7.67. The maximum atomic E-state index is 5.71. The van der Waals surface area contributed by atoms with Crippen LogP contribution in [0.1, 0.15) is 20.8 Å². The van der Waals surface area contributed by atoms with Gasteiger partial charge >= 0.3 is 0 Å². The first-order chi connectivity index (χ1) is 6.04. The number of rotatable bonds is 3. The third-order valence-corrected chi connectivity index (χ3v) is 4.29. The van der Waals surface area contributed by atoms with E-state index in [9.17, 15) is 0 Å². The Morgan fingerprint density at radius 1 is 1.62 bits per heavy atom. The van der Waals surface area contributed by atoms with Crippen molar-refractivity contribution in [2.45, 2.75) is 30.4 Å². The van der Waals surface area contributed by atoms with Crippen molar-refractivity contribution >= 4 is 23.1 Å². The van der Waals surface area contributed by atoms with Gasteiger partial charge in [0.1, 0.15) is 5.51 Å². The monoisotopic (exact) mass is 217 g/mol. The van der Waals surface area contributed by atoms with Gasteiger partial charge in [-0.2, -0.15) is 0 Å². The summed E-state index contributed by atoms with van der Waals surface area (Å²) in [5, 5.41) is 8.20. The molecule has 0 aromatic carbocycles. The minimum absolute atomic E-state index is 0.213. The Labute approximate surface area is 87.1 Å². The molecule has 0 radical (unpaired) electrons. The molecule has 1 aromatic heterocycles. The lowest BCUT2D eigenvalue weighted by molar-refractivity contribution is 0.398. The normalized spacial score (nSPS) is 14.5. The van der Waals surface area contributed by atoms with Crippen LogP contribution < -0.4 is 5.73 Å². The Balaban J connectivity index is 2.60. The van der Waals surface area contributed by atoms with E-state index < -0.39 is 0 Å². The highest BCUT2D eigenvalue weighted by Gasteiger charge is 2.25. The van der Waals surface area contributed by atoms with Gasteiger partial charge in [-0.25, -0.2) is 0 Å². The van der Waals surface area contributed by atoms with E-state index in [2.05, 4.69) is 31.0 Å². The van der Waals surface area contributed by atoms with E-state index in [-0.39, 0.29) is 5.41 Å². The van der Waals surface area contributed by atoms with Crippen molar-refractivity contribution in [2.75, 3.05) is 6.54 Å². The van der Waals surface area contributed by atoms with Crippen molar-refractivity contribution in [1.82, 2.24) is 10.2 Å². The Kier molecular flexibility index (Phi) is 3.70. The zero-order valence-corrected chi connectivity index (χ0v) is 9.78. The second-order valence-electron chi connectivity index (χ2n) is 3.91. The molecule has 0 saturated heterocycles. The lowest BCUT2D eigenvalue weighted by atomic mass is 9.92. The molecule has 0 bridgehead atoms. The summed E-state index contributed by atoms with van der Waals surface area (Å²) in [5.74, 6) is 0. The van der Waals surface area contributed by atoms with Crippen molar-refractivity contribution in [3.05, 3.63) is 5.51 Å². The third-order valence-electron chi connectivity index (χ3n) is 1.76. The van der Waals surface area contributed by atoms with Crippen LogP contribution in [-0.4, -0.2) is 22.0 Å². The van der Waals surface area contributed by atoms with Crippen LogP contribution in [0.4, 0.5) is 0 Å². The molecule has 1 heterocycles. The van der Waals surface area contributed by atoms with E-state index in [1.54, 1.807) is 28.6 Å². The van der Waals surface area contributed by atoms with Gasteiger partial charge in [-0.05, 0) is 5.41 Å². The Bertz CT molecular complexity index is 240. The van der Waals surface area contributed by atoms with Crippen LogP contribution in [0.5, 0.6) is 0 Å². The van der Waals surface area contributed by atoms with Crippen molar-refractivity contribution < 1.29 is 0 Å². The van der Waals surface area contributed by atoms with E-state index in [0.717, 1.165) is 4.34 Å². The van der Waals surface area contributed by atoms with Crippen LogP contribution in [0.15, 0.2) is 9.85 Å². The van der Waals surface area contributed by atoms with Crippen LogP contribution >= 0.6 is 23.1 Å². The van der Waals surface area contributed by atoms with Crippen LogP contribution in [0.2, 0.25) is 0 Å². The quantitative estimate of drug-likeness (QED) is 0.787. The molecule has 1 unspecified atom stereocenters. The molecule has 0 fully saturated rings. The van der Waals surface area contributed by atoms with Crippen LogP contribution in [-0.2, 0) is 0 Å². The molecular weight excluding hydrogens is 202 g/mol. The summed E-state index contributed by atoms with van der Waals surface area (Å²) in [4.78, 5) is 0. The molecule has 5 heteroatoms. The largest absolute Gasteiger partial charge is 0.329 e. The molecule has 0 amide bonds. The maximum Gasteiger partial charge on any atom is 0.174 e. The van der Waals surface area contributed by atoms with Crippen LogP contribution in [0.3, 0.4) is 0 Å². The summed E-state index contributed by atoms with van der Waals surface area (Å²) in [6.07, 6.45) is 0. The molecular formula is C8H15N3S2. The Hall–Kier alpha value is -0.130. The van der Waals surface area contributed by atoms with Gasteiger partial charge in [0.2, 0.25) is 0 Å². The number of thioether (sulfide) groups is 1. The minimum Gasteiger partial charge on any atom is -0.329 e. The summed E-state index contributed by atoms with van der Waals surface area (Å²) in [6.45, 7) is 7.25. The zero-order chi connectivity index (χ0) is 9.90. The van der Waals surface area contributed by atoms with E-state index in [4.69, 9.17) is 5.73 Å². The molecule has 1 aromatic rings. The third kappa shape index (κ3) is 3.25. The van der Waals surface area contributed by atoms with Gasteiger partial charge < -0.3 is 5.73 Å². The van der Waals surface area contributed by atoms with Gasteiger partial charge in [0, 0.05) is 11.8 Å².